The molecule has 1 aromatic rings. The summed E-state index contributed by atoms with van der Waals surface area (Å²) in [5, 5.41) is 13.7. The number of carbonyl (C=O) groups excluding carboxylic acids is 1. The molecule has 0 spiro atoms. The molecule has 2 amide bonds. The molecule has 0 atom stereocenters. The summed E-state index contributed by atoms with van der Waals surface area (Å²) in [6.07, 6.45) is -0.220. The van der Waals surface area contributed by atoms with Crippen LogP contribution in [-0.2, 0) is 4.79 Å². The van der Waals surface area contributed by atoms with Crippen molar-refractivity contribution >= 4 is 17.9 Å². The summed E-state index contributed by atoms with van der Waals surface area (Å²) in [5.74, 6) is -0.585. The number of aliphatic carboxylic acids is 1. The third-order valence-electron chi connectivity index (χ3n) is 2.37. The van der Waals surface area contributed by atoms with Crippen LogP contribution in [-0.4, -0.2) is 46.8 Å². The van der Waals surface area contributed by atoms with Crippen LogP contribution in [0.4, 0.5) is 10.7 Å². The molecule has 0 aromatic carbocycles. The molecule has 0 radical (unpaired) electrons. The second-order valence-electron chi connectivity index (χ2n) is 4.81. The first-order chi connectivity index (χ1) is 9.75. The molecule has 21 heavy (non-hydrogen) atoms. The summed E-state index contributed by atoms with van der Waals surface area (Å²) in [6.45, 7) is 3.18. The Morgan fingerprint density at radius 3 is 2.19 bits per heavy atom. The van der Waals surface area contributed by atoms with E-state index in [0.29, 0.717) is 0 Å². The third-order valence-corrected chi connectivity index (χ3v) is 2.37. The topological polar surface area (TPSA) is 123 Å². The Hall–Kier alpha value is -2.58. The monoisotopic (exact) mass is 298 g/mol. The maximum atomic E-state index is 11.8. The molecule has 0 saturated carbocycles. The SMILES string of the molecule is COc1cc(OC)nc(NC(=O)NC(C)(C)CC(=O)O)n1. The summed E-state index contributed by atoms with van der Waals surface area (Å²) < 4.78 is 9.90. The van der Waals surface area contributed by atoms with Crippen LogP contribution >= 0.6 is 0 Å². The molecule has 0 saturated heterocycles. The second-order valence-corrected chi connectivity index (χ2v) is 4.81. The van der Waals surface area contributed by atoms with Crippen LogP contribution in [0, 0.1) is 0 Å². The molecule has 9 nitrogen and oxygen atoms in total. The van der Waals surface area contributed by atoms with Crippen molar-refractivity contribution in [1.29, 1.82) is 0 Å². The maximum absolute atomic E-state index is 11.8. The van der Waals surface area contributed by atoms with Crippen molar-refractivity contribution in [2.75, 3.05) is 19.5 Å². The van der Waals surface area contributed by atoms with Gasteiger partial charge in [0, 0.05) is 5.54 Å². The number of methoxy groups -OCH3 is 2. The smallest absolute Gasteiger partial charge is 0.322 e. The van der Waals surface area contributed by atoms with Crippen LogP contribution in [0.5, 0.6) is 11.8 Å². The zero-order valence-corrected chi connectivity index (χ0v) is 12.3. The van der Waals surface area contributed by atoms with Crippen LogP contribution in [0.25, 0.3) is 0 Å². The molecule has 1 rings (SSSR count). The molecule has 0 aliphatic carbocycles. The summed E-state index contributed by atoms with van der Waals surface area (Å²) in [4.78, 5) is 30.4. The third kappa shape index (κ3) is 5.51. The Bertz CT molecular complexity index is 510. The number of carboxylic acids is 1. The van der Waals surface area contributed by atoms with Crippen LogP contribution in [0.2, 0.25) is 0 Å². The first kappa shape index (κ1) is 16.5. The molecule has 1 heterocycles. The molecule has 0 aliphatic rings. The highest BCUT2D eigenvalue weighted by Crippen LogP contribution is 2.17. The zero-order valence-electron chi connectivity index (χ0n) is 12.3. The number of anilines is 1. The van der Waals surface area contributed by atoms with E-state index in [0.717, 1.165) is 0 Å². The average molecular weight is 298 g/mol. The van der Waals surface area contributed by atoms with Crippen molar-refractivity contribution in [3.8, 4) is 11.8 Å². The quantitative estimate of drug-likeness (QED) is 0.712. The lowest BCUT2D eigenvalue weighted by Gasteiger charge is -2.24. The molecular formula is C12H18N4O5. The summed E-state index contributed by atoms with van der Waals surface area (Å²) >= 11 is 0. The van der Waals surface area contributed by atoms with Crippen LogP contribution in [0.15, 0.2) is 6.07 Å². The zero-order chi connectivity index (χ0) is 16.0. The first-order valence-electron chi connectivity index (χ1n) is 6.04. The number of aromatic nitrogens is 2. The minimum absolute atomic E-state index is 0.0187. The van der Waals surface area contributed by atoms with Gasteiger partial charge in [0.25, 0.3) is 0 Å². The van der Waals surface area contributed by atoms with E-state index in [1.165, 1.54) is 20.3 Å². The van der Waals surface area contributed by atoms with Gasteiger partial charge in [0.2, 0.25) is 17.7 Å². The van der Waals surface area contributed by atoms with Crippen molar-refractivity contribution in [2.45, 2.75) is 25.8 Å². The van der Waals surface area contributed by atoms with Crippen molar-refractivity contribution in [3.63, 3.8) is 0 Å². The highest BCUT2D eigenvalue weighted by molar-refractivity contribution is 5.88. The highest BCUT2D eigenvalue weighted by Gasteiger charge is 2.24. The largest absolute Gasteiger partial charge is 0.481 e. The second kappa shape index (κ2) is 6.73. The fourth-order valence-electron chi connectivity index (χ4n) is 1.53. The predicted molar refractivity (Wildman–Crippen MR) is 73.6 cm³/mol. The first-order valence-corrected chi connectivity index (χ1v) is 6.04. The Balaban J connectivity index is 2.76. The number of rotatable bonds is 6. The maximum Gasteiger partial charge on any atom is 0.322 e. The van der Waals surface area contributed by atoms with E-state index in [4.69, 9.17) is 14.6 Å². The van der Waals surface area contributed by atoms with E-state index < -0.39 is 17.5 Å². The molecule has 0 bridgehead atoms. The molecule has 0 aliphatic heterocycles. The fourth-order valence-corrected chi connectivity index (χ4v) is 1.53. The van der Waals surface area contributed by atoms with Gasteiger partial charge < -0.3 is 19.9 Å². The summed E-state index contributed by atoms with van der Waals surface area (Å²) in [7, 11) is 2.84. The van der Waals surface area contributed by atoms with Crippen molar-refractivity contribution < 1.29 is 24.2 Å². The van der Waals surface area contributed by atoms with Crippen LogP contribution in [0.1, 0.15) is 20.3 Å². The lowest BCUT2D eigenvalue weighted by atomic mass is 10.0. The Kier molecular flexibility index (Phi) is 5.28. The number of amides is 2. The number of carbonyl (C=O) groups is 2. The molecule has 3 N–H and O–H groups in total. The summed E-state index contributed by atoms with van der Waals surface area (Å²) in [5.41, 5.74) is -0.918. The minimum atomic E-state index is -1.01. The van der Waals surface area contributed by atoms with Gasteiger partial charge >= 0.3 is 12.0 Å². The Morgan fingerprint density at radius 2 is 1.76 bits per heavy atom. The van der Waals surface area contributed by atoms with Gasteiger partial charge in [-0.1, -0.05) is 0 Å². The van der Waals surface area contributed by atoms with Gasteiger partial charge in [-0.2, -0.15) is 9.97 Å². The lowest BCUT2D eigenvalue weighted by molar-refractivity contribution is -0.138. The number of nitrogens with zero attached hydrogens (tertiary/aromatic N) is 2. The van der Waals surface area contributed by atoms with Gasteiger partial charge in [0.15, 0.2) is 0 Å². The highest BCUT2D eigenvalue weighted by atomic mass is 16.5. The molecule has 116 valence electrons. The van der Waals surface area contributed by atoms with E-state index in [1.807, 2.05) is 0 Å². The molecule has 0 unspecified atom stereocenters. The van der Waals surface area contributed by atoms with Crippen molar-refractivity contribution in [2.24, 2.45) is 0 Å². The van der Waals surface area contributed by atoms with E-state index in [9.17, 15) is 9.59 Å². The number of hydrogen-bond acceptors (Lipinski definition) is 6. The predicted octanol–water partition coefficient (Wildman–Crippen LogP) is 0.869. The number of nitrogens with one attached hydrogen (secondary N) is 2. The van der Waals surface area contributed by atoms with E-state index in [1.54, 1.807) is 13.8 Å². The van der Waals surface area contributed by atoms with Gasteiger partial charge in [-0.05, 0) is 13.8 Å². The number of carboxylic acid groups (broad SMARTS) is 1. The van der Waals surface area contributed by atoms with Crippen LogP contribution in [0.3, 0.4) is 0 Å². The van der Waals surface area contributed by atoms with Gasteiger partial charge in [-0.3, -0.25) is 10.1 Å². The van der Waals surface area contributed by atoms with Gasteiger partial charge in [0.05, 0.1) is 26.7 Å². The number of urea groups is 1. The lowest BCUT2D eigenvalue weighted by Crippen LogP contribution is -2.47. The van der Waals surface area contributed by atoms with Gasteiger partial charge in [-0.25, -0.2) is 4.79 Å². The van der Waals surface area contributed by atoms with Gasteiger partial charge in [0.1, 0.15) is 0 Å². The molecule has 9 heteroatoms. The fraction of sp³-hybridized carbons (Fsp3) is 0.500. The molecule has 0 fully saturated rings. The summed E-state index contributed by atoms with van der Waals surface area (Å²) in [6, 6.07) is 0.828. The van der Waals surface area contributed by atoms with Crippen LogP contribution < -0.4 is 20.1 Å². The van der Waals surface area contributed by atoms with Crippen molar-refractivity contribution in [1.82, 2.24) is 15.3 Å². The Morgan fingerprint density at radius 1 is 1.24 bits per heavy atom. The average Bonchev–Trinajstić information content (AvgIpc) is 2.35. The minimum Gasteiger partial charge on any atom is -0.481 e. The van der Waals surface area contributed by atoms with E-state index >= 15 is 0 Å². The number of hydrogen-bond donors (Lipinski definition) is 3. The van der Waals surface area contributed by atoms with Crippen molar-refractivity contribution in [3.05, 3.63) is 6.07 Å². The standard InChI is InChI=1S/C12H18N4O5/c1-12(2,6-9(17)18)16-11(19)15-10-13-7(20-3)5-8(14-10)21-4/h5H,6H2,1-4H3,(H,17,18)(H2,13,14,15,16,19). The molecule has 1 aromatic heterocycles. The van der Waals surface area contributed by atoms with Gasteiger partial charge in [-0.15, -0.1) is 0 Å². The van der Waals surface area contributed by atoms with E-state index in [2.05, 4.69) is 20.6 Å². The van der Waals surface area contributed by atoms with E-state index in [-0.39, 0.29) is 24.1 Å². The molecular weight excluding hydrogens is 280 g/mol. The normalized spacial score (nSPS) is 10.7. The number of ether oxygens (including phenoxy) is 2. The Labute approximate surface area is 121 Å².